The average molecular weight is 261 g/mol. The third-order valence-corrected chi connectivity index (χ3v) is 5.72. The lowest BCUT2D eigenvalue weighted by atomic mass is 10.2. The minimum atomic E-state index is -3.35. The van der Waals surface area contributed by atoms with Crippen LogP contribution in [0.2, 0.25) is 0 Å². The van der Waals surface area contributed by atoms with Gasteiger partial charge in [0.25, 0.3) is 0 Å². The van der Waals surface area contributed by atoms with Crippen molar-refractivity contribution in [1.82, 2.24) is 4.31 Å². The van der Waals surface area contributed by atoms with Crippen LogP contribution in [-0.4, -0.2) is 36.2 Å². The minimum absolute atomic E-state index is 0.343. The molecule has 16 heavy (non-hydrogen) atoms. The zero-order valence-corrected chi connectivity index (χ0v) is 10.4. The summed E-state index contributed by atoms with van der Waals surface area (Å²) in [5.74, 6) is -0.0463. The SMILES string of the molecule is CC(=O)OC1=CN(C)S(=O)(=O)[C@@H]2C=CS[C@H]12. The number of carbonyl (C=O) groups is 1. The monoisotopic (exact) mass is 261 g/mol. The Morgan fingerprint density at radius 1 is 1.56 bits per heavy atom. The zero-order valence-electron chi connectivity index (χ0n) is 8.78. The van der Waals surface area contributed by atoms with Gasteiger partial charge in [0.05, 0.1) is 11.4 Å². The van der Waals surface area contributed by atoms with Crippen LogP contribution in [-0.2, 0) is 19.6 Å². The third kappa shape index (κ3) is 1.73. The maximum atomic E-state index is 11.9. The first kappa shape index (κ1) is 11.5. The first-order chi connectivity index (χ1) is 7.43. The van der Waals surface area contributed by atoms with Gasteiger partial charge in [-0.15, -0.1) is 11.8 Å². The highest BCUT2D eigenvalue weighted by Gasteiger charge is 2.44. The molecule has 0 aromatic rings. The van der Waals surface area contributed by atoms with Crippen molar-refractivity contribution in [3.05, 3.63) is 23.4 Å². The summed E-state index contributed by atoms with van der Waals surface area (Å²) in [6.07, 6.45) is 2.98. The summed E-state index contributed by atoms with van der Waals surface area (Å²) in [6, 6.07) is 0. The smallest absolute Gasteiger partial charge is 0.307 e. The number of fused-ring (bicyclic) bond motifs is 1. The number of carbonyl (C=O) groups excluding carboxylic acids is 1. The highest BCUT2D eigenvalue weighted by molar-refractivity contribution is 8.04. The molecule has 0 unspecified atom stereocenters. The molecular weight excluding hydrogens is 250 g/mol. The average Bonchev–Trinajstić information content (AvgIpc) is 2.62. The molecule has 2 heterocycles. The predicted molar refractivity (Wildman–Crippen MR) is 60.8 cm³/mol. The molecule has 88 valence electrons. The Labute approximate surface area is 98.2 Å². The summed E-state index contributed by atoms with van der Waals surface area (Å²) in [4.78, 5) is 10.9. The molecule has 0 radical (unpaired) electrons. The molecule has 0 saturated heterocycles. The molecule has 0 aliphatic carbocycles. The fraction of sp³-hybridized carbons (Fsp3) is 0.444. The van der Waals surface area contributed by atoms with Crippen LogP contribution in [0.3, 0.4) is 0 Å². The van der Waals surface area contributed by atoms with Gasteiger partial charge in [-0.3, -0.25) is 9.10 Å². The first-order valence-electron chi connectivity index (χ1n) is 4.62. The highest BCUT2D eigenvalue weighted by atomic mass is 32.2. The van der Waals surface area contributed by atoms with Gasteiger partial charge in [-0.1, -0.05) is 6.08 Å². The van der Waals surface area contributed by atoms with Crippen molar-refractivity contribution in [2.45, 2.75) is 17.4 Å². The third-order valence-electron chi connectivity index (χ3n) is 2.39. The van der Waals surface area contributed by atoms with Crippen LogP contribution >= 0.6 is 11.8 Å². The van der Waals surface area contributed by atoms with E-state index in [9.17, 15) is 13.2 Å². The van der Waals surface area contributed by atoms with Crippen LogP contribution < -0.4 is 0 Å². The highest BCUT2D eigenvalue weighted by Crippen LogP contribution is 2.39. The molecule has 2 aliphatic rings. The minimum Gasteiger partial charge on any atom is -0.428 e. The van der Waals surface area contributed by atoms with Gasteiger partial charge in [0.15, 0.2) is 0 Å². The van der Waals surface area contributed by atoms with Crippen LogP contribution in [0.25, 0.3) is 0 Å². The maximum Gasteiger partial charge on any atom is 0.307 e. The van der Waals surface area contributed by atoms with Crippen molar-refractivity contribution >= 4 is 27.8 Å². The van der Waals surface area contributed by atoms with Gasteiger partial charge in [0.1, 0.15) is 11.0 Å². The molecule has 0 aromatic carbocycles. The van der Waals surface area contributed by atoms with Gasteiger partial charge in [-0.25, -0.2) is 8.42 Å². The summed E-state index contributed by atoms with van der Waals surface area (Å²) < 4.78 is 29.9. The number of rotatable bonds is 1. The Hall–Kier alpha value is -0.950. The van der Waals surface area contributed by atoms with Gasteiger partial charge in [0.2, 0.25) is 10.0 Å². The molecule has 0 spiro atoms. The summed E-state index contributed by atoms with van der Waals surface area (Å²) in [5.41, 5.74) is 0. The number of nitrogens with zero attached hydrogens (tertiary/aromatic N) is 1. The summed E-state index contributed by atoms with van der Waals surface area (Å²) in [7, 11) is -1.91. The summed E-state index contributed by atoms with van der Waals surface area (Å²) >= 11 is 1.35. The standard InChI is InChI=1S/C9H11NO4S2/c1-6(11)14-7-5-10(2)16(12,13)8-3-4-15-9(7)8/h3-5,8-9H,1-2H3/t8-,9-/m1/s1. The topological polar surface area (TPSA) is 63.7 Å². The Kier molecular flexibility index (Phi) is 2.75. The lowest BCUT2D eigenvalue weighted by molar-refractivity contribution is -0.137. The molecule has 2 aliphatic heterocycles. The van der Waals surface area contributed by atoms with Crippen molar-refractivity contribution in [3.8, 4) is 0 Å². The van der Waals surface area contributed by atoms with Crippen LogP contribution in [0.5, 0.6) is 0 Å². The quantitative estimate of drug-likeness (QED) is 0.649. The van der Waals surface area contributed by atoms with E-state index in [1.165, 1.54) is 31.9 Å². The lowest BCUT2D eigenvalue weighted by Gasteiger charge is -2.30. The van der Waals surface area contributed by atoms with Gasteiger partial charge in [-0.05, 0) is 5.41 Å². The van der Waals surface area contributed by atoms with E-state index in [0.717, 1.165) is 4.31 Å². The Balaban J connectivity index is 2.39. The second kappa shape index (κ2) is 3.81. The number of ether oxygens (including phenoxy) is 1. The van der Waals surface area contributed by atoms with Crippen LogP contribution in [0.1, 0.15) is 6.92 Å². The lowest BCUT2D eigenvalue weighted by Crippen LogP contribution is -2.42. The van der Waals surface area contributed by atoms with E-state index in [1.54, 1.807) is 11.5 Å². The Morgan fingerprint density at radius 2 is 2.25 bits per heavy atom. The second-order valence-corrected chi connectivity index (χ2v) is 6.74. The van der Waals surface area contributed by atoms with Crippen molar-refractivity contribution in [2.75, 3.05) is 7.05 Å². The molecule has 7 heteroatoms. The van der Waals surface area contributed by atoms with E-state index < -0.39 is 21.2 Å². The maximum absolute atomic E-state index is 11.9. The van der Waals surface area contributed by atoms with E-state index in [-0.39, 0.29) is 5.25 Å². The molecule has 0 aromatic heterocycles. The second-order valence-electron chi connectivity index (χ2n) is 3.54. The molecular formula is C9H11NO4S2. The first-order valence-corrected chi connectivity index (χ1v) is 7.06. The van der Waals surface area contributed by atoms with Crippen LogP contribution in [0.4, 0.5) is 0 Å². The number of hydrogen-bond donors (Lipinski definition) is 0. The van der Waals surface area contributed by atoms with Gasteiger partial charge >= 0.3 is 5.97 Å². The normalized spacial score (nSPS) is 30.9. The fourth-order valence-corrected chi connectivity index (χ4v) is 4.63. The fourth-order valence-electron chi connectivity index (χ4n) is 1.64. The van der Waals surface area contributed by atoms with Crippen molar-refractivity contribution in [1.29, 1.82) is 0 Å². The molecule has 0 saturated carbocycles. The molecule has 2 rings (SSSR count). The van der Waals surface area contributed by atoms with Crippen molar-refractivity contribution in [3.63, 3.8) is 0 Å². The molecule has 2 atom stereocenters. The van der Waals surface area contributed by atoms with E-state index in [4.69, 9.17) is 4.74 Å². The van der Waals surface area contributed by atoms with E-state index >= 15 is 0 Å². The Morgan fingerprint density at radius 3 is 2.88 bits per heavy atom. The molecule has 0 bridgehead atoms. The van der Waals surface area contributed by atoms with Crippen LogP contribution in [0, 0.1) is 0 Å². The molecule has 5 nitrogen and oxygen atoms in total. The number of esters is 1. The van der Waals surface area contributed by atoms with Gasteiger partial charge in [0, 0.05) is 14.0 Å². The summed E-state index contributed by atoms with van der Waals surface area (Å²) in [5, 5.41) is 0.746. The Bertz CT molecular complexity index is 480. The largest absolute Gasteiger partial charge is 0.428 e. The van der Waals surface area contributed by atoms with Gasteiger partial charge < -0.3 is 4.74 Å². The van der Waals surface area contributed by atoms with Crippen molar-refractivity contribution < 1.29 is 17.9 Å². The van der Waals surface area contributed by atoms with E-state index in [0.29, 0.717) is 5.76 Å². The number of hydrogen-bond acceptors (Lipinski definition) is 5. The molecule has 0 N–H and O–H groups in total. The van der Waals surface area contributed by atoms with Crippen molar-refractivity contribution in [2.24, 2.45) is 0 Å². The van der Waals surface area contributed by atoms with E-state index in [2.05, 4.69) is 0 Å². The van der Waals surface area contributed by atoms with E-state index in [1.807, 2.05) is 0 Å². The number of thioether (sulfide) groups is 1. The number of sulfonamides is 1. The molecule has 0 fully saturated rings. The summed E-state index contributed by atoms with van der Waals surface area (Å²) in [6.45, 7) is 1.30. The van der Waals surface area contributed by atoms with Gasteiger partial charge in [-0.2, -0.15) is 0 Å². The van der Waals surface area contributed by atoms with Crippen LogP contribution in [0.15, 0.2) is 23.4 Å². The zero-order chi connectivity index (χ0) is 11.9. The predicted octanol–water partition coefficient (Wildman–Crippen LogP) is 0.664. The molecule has 0 amide bonds.